The van der Waals surface area contributed by atoms with Crippen LogP contribution in [-0.2, 0) is 0 Å². The van der Waals surface area contributed by atoms with Crippen molar-refractivity contribution in [3.05, 3.63) is 63.2 Å². The molecule has 0 aliphatic carbocycles. The maximum absolute atomic E-state index is 12.6. The molecule has 2 aromatic carbocycles. The van der Waals surface area contributed by atoms with Crippen LogP contribution in [0.5, 0.6) is 0 Å². The summed E-state index contributed by atoms with van der Waals surface area (Å²) in [6.07, 6.45) is 0. The number of benzene rings is 2. The van der Waals surface area contributed by atoms with Gasteiger partial charge in [-0.25, -0.2) is 0 Å². The van der Waals surface area contributed by atoms with Gasteiger partial charge in [0.2, 0.25) is 0 Å². The summed E-state index contributed by atoms with van der Waals surface area (Å²) in [5, 5.41) is 3.11. The molecule has 4 heteroatoms. The zero-order valence-electron chi connectivity index (χ0n) is 14.2. The van der Waals surface area contributed by atoms with E-state index in [1.807, 2.05) is 36.4 Å². The molecule has 122 valence electrons. The Morgan fingerprint density at radius 1 is 1.09 bits per heavy atom. The topological polar surface area (TPSA) is 29.1 Å². The van der Waals surface area contributed by atoms with Gasteiger partial charge in [0.15, 0.2) is 0 Å². The number of hydrogen-bond acceptors (Lipinski definition) is 1. The minimum Gasteiger partial charge on any atom is -0.322 e. The second-order valence-corrected chi connectivity index (χ2v) is 13.9. The summed E-state index contributed by atoms with van der Waals surface area (Å²) in [7, 11) is -1.15. The second kappa shape index (κ2) is 7.62. The number of carbonyl (C=O) groups excluding carboxylic acids is 1. The minimum absolute atomic E-state index is 0.0392. The molecule has 0 fully saturated rings. The molecule has 0 aromatic heterocycles. The Balaban J connectivity index is 2.24. The summed E-state index contributed by atoms with van der Waals surface area (Å²) in [4.78, 5) is 12.6. The van der Waals surface area contributed by atoms with Crippen LogP contribution in [0.1, 0.15) is 28.8 Å². The lowest BCUT2D eigenvalue weighted by molar-refractivity contribution is 0.102. The van der Waals surface area contributed by atoms with Crippen molar-refractivity contribution in [1.82, 2.24) is 0 Å². The molecule has 0 spiro atoms. The molecule has 0 bridgehead atoms. The molecule has 0 aliphatic heterocycles. The van der Waals surface area contributed by atoms with Crippen LogP contribution in [0.15, 0.2) is 48.5 Å². The van der Waals surface area contributed by atoms with E-state index in [2.05, 4.69) is 66.6 Å². The average Bonchev–Trinajstić information content (AvgIpc) is 2.46. The first-order valence-electron chi connectivity index (χ1n) is 7.93. The Bertz CT molecular complexity index is 694. The van der Waals surface area contributed by atoms with Crippen LogP contribution >= 0.6 is 22.6 Å². The molecule has 23 heavy (non-hydrogen) atoms. The van der Waals surface area contributed by atoms with Gasteiger partial charge >= 0.3 is 0 Å². The summed E-state index contributed by atoms with van der Waals surface area (Å²) in [6, 6.07) is 17.1. The second-order valence-electron chi connectivity index (χ2n) is 7.19. The molecule has 1 unspecified atom stereocenters. The summed E-state index contributed by atoms with van der Waals surface area (Å²) >= 11 is 2.20. The SMILES string of the molecule is CC(C[Si](C)(C)C)c1ccccc1NC(=O)c1ccccc1I. The number of amides is 1. The third kappa shape index (κ3) is 5.17. The van der Waals surface area contributed by atoms with E-state index < -0.39 is 8.07 Å². The smallest absolute Gasteiger partial charge is 0.256 e. The monoisotopic (exact) mass is 437 g/mol. The number of halogens is 1. The first-order chi connectivity index (χ1) is 10.8. The van der Waals surface area contributed by atoms with Gasteiger partial charge in [0.05, 0.1) is 5.56 Å². The number of hydrogen-bond donors (Lipinski definition) is 1. The predicted molar refractivity (Wildman–Crippen MR) is 110 cm³/mol. The molecule has 2 nitrogen and oxygen atoms in total. The molecule has 0 aliphatic rings. The Morgan fingerprint density at radius 2 is 1.70 bits per heavy atom. The third-order valence-electron chi connectivity index (χ3n) is 3.78. The van der Waals surface area contributed by atoms with Crippen molar-refractivity contribution < 1.29 is 4.79 Å². The summed E-state index contributed by atoms with van der Waals surface area (Å²) in [5.74, 6) is 0.413. The van der Waals surface area contributed by atoms with Crippen LogP contribution in [-0.4, -0.2) is 14.0 Å². The predicted octanol–water partition coefficient (Wildman–Crippen LogP) is 5.99. The van der Waals surface area contributed by atoms with Crippen molar-refractivity contribution in [2.24, 2.45) is 0 Å². The van der Waals surface area contributed by atoms with Crippen molar-refractivity contribution in [3.63, 3.8) is 0 Å². The fourth-order valence-corrected chi connectivity index (χ4v) is 5.59. The van der Waals surface area contributed by atoms with Crippen molar-refractivity contribution in [3.8, 4) is 0 Å². The van der Waals surface area contributed by atoms with Crippen molar-refractivity contribution >= 4 is 42.3 Å². The average molecular weight is 437 g/mol. The number of nitrogens with one attached hydrogen (secondary N) is 1. The van der Waals surface area contributed by atoms with Gasteiger partial charge in [-0.3, -0.25) is 4.79 Å². The highest BCUT2D eigenvalue weighted by Gasteiger charge is 2.21. The third-order valence-corrected chi connectivity index (χ3v) is 6.55. The van der Waals surface area contributed by atoms with Gasteiger partial charge in [-0.1, -0.05) is 62.9 Å². The lowest BCUT2D eigenvalue weighted by Gasteiger charge is -2.23. The largest absolute Gasteiger partial charge is 0.322 e. The van der Waals surface area contributed by atoms with Gasteiger partial charge in [0.25, 0.3) is 5.91 Å². The zero-order valence-corrected chi connectivity index (χ0v) is 17.3. The van der Waals surface area contributed by atoms with Crippen LogP contribution in [0.4, 0.5) is 5.69 Å². The standard InChI is InChI=1S/C19H24INOSi/c1-14(13-23(2,3)4)15-9-6-8-12-18(15)21-19(22)16-10-5-7-11-17(16)20/h5-12,14H,13H2,1-4H3,(H,21,22). The van der Waals surface area contributed by atoms with Crippen LogP contribution in [0, 0.1) is 3.57 Å². The maximum Gasteiger partial charge on any atom is 0.256 e. The van der Waals surface area contributed by atoms with Crippen molar-refractivity contribution in [2.45, 2.75) is 38.5 Å². The van der Waals surface area contributed by atoms with E-state index in [1.165, 1.54) is 11.6 Å². The number of para-hydroxylation sites is 1. The van der Waals surface area contributed by atoms with E-state index in [0.717, 1.165) is 14.8 Å². The van der Waals surface area contributed by atoms with Gasteiger partial charge in [-0.2, -0.15) is 0 Å². The molecule has 1 N–H and O–H groups in total. The molecule has 2 rings (SSSR count). The number of anilines is 1. The van der Waals surface area contributed by atoms with Crippen LogP contribution in [0.25, 0.3) is 0 Å². The molecule has 1 atom stereocenters. The Hall–Kier alpha value is -1.14. The van der Waals surface area contributed by atoms with Crippen molar-refractivity contribution in [1.29, 1.82) is 0 Å². The molecule has 1 amide bonds. The quantitative estimate of drug-likeness (QED) is 0.452. The lowest BCUT2D eigenvalue weighted by atomic mass is 10.0. The maximum atomic E-state index is 12.6. The normalized spacial score (nSPS) is 12.7. The van der Waals surface area contributed by atoms with Gasteiger partial charge in [-0.15, -0.1) is 0 Å². The van der Waals surface area contributed by atoms with E-state index in [-0.39, 0.29) is 5.91 Å². The van der Waals surface area contributed by atoms with E-state index in [4.69, 9.17) is 0 Å². The fraction of sp³-hybridized carbons (Fsp3) is 0.316. The first-order valence-corrected chi connectivity index (χ1v) is 12.7. The molecule has 2 aromatic rings. The van der Waals surface area contributed by atoms with Crippen LogP contribution in [0.3, 0.4) is 0 Å². The van der Waals surface area contributed by atoms with Crippen molar-refractivity contribution in [2.75, 3.05) is 5.32 Å². The number of carbonyl (C=O) groups is 1. The highest BCUT2D eigenvalue weighted by atomic mass is 127. The van der Waals surface area contributed by atoms with Gasteiger partial charge in [0, 0.05) is 17.3 Å². The lowest BCUT2D eigenvalue weighted by Crippen LogP contribution is -2.22. The van der Waals surface area contributed by atoms with E-state index in [0.29, 0.717) is 5.92 Å². The highest BCUT2D eigenvalue weighted by Crippen LogP contribution is 2.31. The summed E-state index contributed by atoms with van der Waals surface area (Å²) in [5.41, 5.74) is 2.89. The molecule has 0 saturated carbocycles. The Kier molecular flexibility index (Phi) is 6.03. The van der Waals surface area contributed by atoms with Gasteiger partial charge in [0.1, 0.15) is 0 Å². The summed E-state index contributed by atoms with van der Waals surface area (Å²) in [6.45, 7) is 9.42. The molecule has 0 radical (unpaired) electrons. The van der Waals surface area contributed by atoms with Crippen LogP contribution < -0.4 is 5.32 Å². The van der Waals surface area contributed by atoms with E-state index in [1.54, 1.807) is 0 Å². The van der Waals surface area contributed by atoms with E-state index >= 15 is 0 Å². The zero-order chi connectivity index (χ0) is 17.0. The molecular formula is C19H24INOSi. The van der Waals surface area contributed by atoms with E-state index in [9.17, 15) is 4.79 Å². The molecular weight excluding hydrogens is 413 g/mol. The molecule has 0 saturated heterocycles. The molecule has 0 heterocycles. The Morgan fingerprint density at radius 3 is 2.35 bits per heavy atom. The minimum atomic E-state index is -1.15. The van der Waals surface area contributed by atoms with Gasteiger partial charge < -0.3 is 5.32 Å². The van der Waals surface area contributed by atoms with Crippen LogP contribution in [0.2, 0.25) is 25.7 Å². The Labute approximate surface area is 153 Å². The van der Waals surface area contributed by atoms with Gasteiger partial charge in [-0.05, 0) is 52.3 Å². The first kappa shape index (κ1) is 18.2. The highest BCUT2D eigenvalue weighted by molar-refractivity contribution is 14.1. The number of rotatable bonds is 5. The fourth-order valence-electron chi connectivity index (χ4n) is 2.90. The summed E-state index contributed by atoms with van der Waals surface area (Å²) < 4.78 is 0.968.